The Labute approximate surface area is 110 Å². The second kappa shape index (κ2) is 6.89. The summed E-state index contributed by atoms with van der Waals surface area (Å²) in [4.78, 5) is 0. The second-order valence-corrected chi connectivity index (χ2v) is 5.48. The zero-order chi connectivity index (χ0) is 12.8. The third kappa shape index (κ3) is 4.09. The van der Waals surface area contributed by atoms with Crippen LogP contribution in [0.2, 0.25) is 0 Å². The second-order valence-electron chi connectivity index (χ2n) is 5.48. The molecule has 0 spiro atoms. The molecule has 1 nitrogen and oxygen atoms in total. The molecule has 2 heteroatoms. The Hall–Kier alpha value is -0.890. The molecule has 100 valence electrons. The van der Waals surface area contributed by atoms with Gasteiger partial charge in [0.05, 0.1) is 0 Å². The maximum Gasteiger partial charge on any atom is 0.123 e. The minimum absolute atomic E-state index is 0.156. The Morgan fingerprint density at radius 2 is 1.56 bits per heavy atom. The van der Waals surface area contributed by atoms with Crippen LogP contribution in [0.4, 0.5) is 4.39 Å². The first kappa shape index (κ1) is 13.5. The predicted molar refractivity (Wildman–Crippen MR) is 74.1 cm³/mol. The van der Waals surface area contributed by atoms with E-state index in [9.17, 15) is 4.39 Å². The topological polar surface area (TPSA) is 12.0 Å². The predicted octanol–water partition coefficient (Wildman–Crippen LogP) is 4.59. The Balaban J connectivity index is 1.88. The fourth-order valence-electron chi connectivity index (χ4n) is 2.82. The van der Waals surface area contributed by atoms with Gasteiger partial charge in [0.2, 0.25) is 0 Å². The van der Waals surface area contributed by atoms with Gasteiger partial charge in [-0.25, -0.2) is 4.39 Å². The van der Waals surface area contributed by atoms with Crippen LogP contribution in [-0.4, -0.2) is 6.04 Å². The lowest BCUT2D eigenvalue weighted by atomic mass is 9.95. The molecule has 0 aromatic heterocycles. The van der Waals surface area contributed by atoms with Crippen LogP contribution in [0, 0.1) is 5.82 Å². The molecule has 1 aromatic carbocycles. The maximum atomic E-state index is 12.9. The summed E-state index contributed by atoms with van der Waals surface area (Å²) < 4.78 is 12.9. The summed E-state index contributed by atoms with van der Waals surface area (Å²) >= 11 is 0. The summed E-state index contributed by atoms with van der Waals surface area (Å²) in [6.07, 6.45) is 9.41. The maximum absolute atomic E-state index is 12.9. The van der Waals surface area contributed by atoms with E-state index in [0.29, 0.717) is 12.1 Å². The highest BCUT2D eigenvalue weighted by Crippen LogP contribution is 2.20. The van der Waals surface area contributed by atoms with Crippen molar-refractivity contribution in [3.05, 3.63) is 35.6 Å². The van der Waals surface area contributed by atoms with E-state index in [-0.39, 0.29) is 5.82 Å². The molecule has 1 fully saturated rings. The summed E-state index contributed by atoms with van der Waals surface area (Å²) in [5.74, 6) is -0.156. The Kier molecular flexibility index (Phi) is 5.18. The lowest BCUT2D eigenvalue weighted by molar-refractivity contribution is 0.362. The molecule has 0 aliphatic heterocycles. The molecule has 1 aliphatic carbocycles. The van der Waals surface area contributed by atoms with E-state index >= 15 is 0 Å². The molecule has 1 aromatic rings. The van der Waals surface area contributed by atoms with Crippen molar-refractivity contribution in [1.29, 1.82) is 0 Å². The fourth-order valence-corrected chi connectivity index (χ4v) is 2.82. The largest absolute Gasteiger partial charge is 0.307 e. The van der Waals surface area contributed by atoms with Crippen molar-refractivity contribution in [3.63, 3.8) is 0 Å². The zero-order valence-corrected chi connectivity index (χ0v) is 11.3. The molecular weight excluding hydrogens is 225 g/mol. The summed E-state index contributed by atoms with van der Waals surface area (Å²) in [5, 5.41) is 3.70. The minimum Gasteiger partial charge on any atom is -0.307 e. The highest BCUT2D eigenvalue weighted by Gasteiger charge is 2.14. The number of hydrogen-bond donors (Lipinski definition) is 1. The van der Waals surface area contributed by atoms with Gasteiger partial charge in [0.25, 0.3) is 0 Å². The average molecular weight is 249 g/mol. The number of rotatable bonds is 3. The molecule has 0 saturated heterocycles. The van der Waals surface area contributed by atoms with E-state index in [4.69, 9.17) is 0 Å². The van der Waals surface area contributed by atoms with Gasteiger partial charge in [0.15, 0.2) is 0 Å². The Bertz CT molecular complexity index is 339. The van der Waals surface area contributed by atoms with Gasteiger partial charge in [-0.1, -0.05) is 44.2 Å². The smallest absolute Gasteiger partial charge is 0.123 e. The van der Waals surface area contributed by atoms with Crippen molar-refractivity contribution in [2.24, 2.45) is 0 Å². The van der Waals surface area contributed by atoms with Crippen LogP contribution >= 0.6 is 0 Å². The van der Waals surface area contributed by atoms with Crippen LogP contribution in [-0.2, 0) is 0 Å². The first-order valence-electron chi connectivity index (χ1n) is 7.27. The van der Waals surface area contributed by atoms with E-state index in [2.05, 4.69) is 12.2 Å². The fraction of sp³-hybridized carbons (Fsp3) is 0.625. The lowest BCUT2D eigenvalue weighted by Crippen LogP contribution is -2.32. The molecule has 0 heterocycles. The molecule has 2 rings (SSSR count). The molecule has 18 heavy (non-hydrogen) atoms. The molecule has 0 amide bonds. The monoisotopic (exact) mass is 249 g/mol. The van der Waals surface area contributed by atoms with E-state index in [1.807, 2.05) is 12.1 Å². The van der Waals surface area contributed by atoms with Gasteiger partial charge in [-0.05, 0) is 37.5 Å². The van der Waals surface area contributed by atoms with Crippen molar-refractivity contribution < 1.29 is 4.39 Å². The average Bonchev–Trinajstić information content (AvgIpc) is 2.33. The molecule has 1 N–H and O–H groups in total. The lowest BCUT2D eigenvalue weighted by Gasteiger charge is -2.25. The van der Waals surface area contributed by atoms with E-state index in [1.54, 1.807) is 12.1 Å². The van der Waals surface area contributed by atoms with Crippen molar-refractivity contribution >= 4 is 0 Å². The van der Waals surface area contributed by atoms with Crippen LogP contribution in [0.5, 0.6) is 0 Å². The first-order valence-corrected chi connectivity index (χ1v) is 7.27. The number of halogens is 1. The van der Waals surface area contributed by atoms with Crippen molar-refractivity contribution in [1.82, 2.24) is 5.32 Å². The van der Waals surface area contributed by atoms with Crippen molar-refractivity contribution in [2.75, 3.05) is 0 Å². The van der Waals surface area contributed by atoms with Gasteiger partial charge >= 0.3 is 0 Å². The van der Waals surface area contributed by atoms with Crippen LogP contribution in [0.1, 0.15) is 63.5 Å². The van der Waals surface area contributed by atoms with Crippen molar-refractivity contribution in [3.8, 4) is 0 Å². The van der Waals surface area contributed by atoms with Crippen LogP contribution in [0.15, 0.2) is 24.3 Å². The van der Waals surface area contributed by atoms with E-state index < -0.39 is 0 Å². The molecule has 0 radical (unpaired) electrons. The van der Waals surface area contributed by atoms with E-state index in [0.717, 1.165) is 0 Å². The molecule has 1 saturated carbocycles. The van der Waals surface area contributed by atoms with Gasteiger partial charge < -0.3 is 5.32 Å². The molecule has 0 unspecified atom stereocenters. The summed E-state index contributed by atoms with van der Waals surface area (Å²) in [7, 11) is 0. The highest BCUT2D eigenvalue weighted by molar-refractivity contribution is 5.19. The molecule has 1 aliphatic rings. The SMILES string of the molecule is C[C@@H](NC1CCCCCCC1)c1ccc(F)cc1. The van der Waals surface area contributed by atoms with E-state index in [1.165, 1.54) is 50.5 Å². The first-order chi connectivity index (χ1) is 8.75. The minimum atomic E-state index is -0.156. The van der Waals surface area contributed by atoms with Crippen LogP contribution < -0.4 is 5.32 Å². The van der Waals surface area contributed by atoms with Crippen LogP contribution in [0.3, 0.4) is 0 Å². The third-order valence-corrected chi connectivity index (χ3v) is 3.96. The standard InChI is InChI=1S/C16H24FN/c1-13(14-9-11-15(17)12-10-14)18-16-7-5-3-2-4-6-8-16/h9-13,16,18H,2-8H2,1H3/t13-/m1/s1. The number of hydrogen-bond acceptors (Lipinski definition) is 1. The molecular formula is C16H24FN. The zero-order valence-electron chi connectivity index (χ0n) is 11.3. The number of nitrogens with one attached hydrogen (secondary N) is 1. The Morgan fingerprint density at radius 1 is 1.00 bits per heavy atom. The quantitative estimate of drug-likeness (QED) is 0.826. The normalized spacial score (nSPS) is 20.1. The van der Waals surface area contributed by atoms with Gasteiger partial charge in [-0.3, -0.25) is 0 Å². The summed E-state index contributed by atoms with van der Waals surface area (Å²) in [6.45, 7) is 2.17. The van der Waals surface area contributed by atoms with Gasteiger partial charge in [0.1, 0.15) is 5.82 Å². The highest BCUT2D eigenvalue weighted by atomic mass is 19.1. The number of benzene rings is 1. The Morgan fingerprint density at radius 3 is 2.17 bits per heavy atom. The van der Waals surface area contributed by atoms with Crippen LogP contribution in [0.25, 0.3) is 0 Å². The summed E-state index contributed by atoms with van der Waals surface area (Å²) in [5.41, 5.74) is 1.18. The third-order valence-electron chi connectivity index (χ3n) is 3.96. The molecule has 1 atom stereocenters. The van der Waals surface area contributed by atoms with Gasteiger partial charge in [0, 0.05) is 12.1 Å². The molecule has 0 bridgehead atoms. The van der Waals surface area contributed by atoms with Gasteiger partial charge in [-0.15, -0.1) is 0 Å². The van der Waals surface area contributed by atoms with Gasteiger partial charge in [-0.2, -0.15) is 0 Å². The van der Waals surface area contributed by atoms with Crippen molar-refractivity contribution in [2.45, 2.75) is 64.0 Å². The summed E-state index contributed by atoms with van der Waals surface area (Å²) in [6, 6.07) is 7.81.